The number of para-hydroxylation sites is 1. The Labute approximate surface area is 151 Å². The zero-order valence-corrected chi connectivity index (χ0v) is 14.5. The molecule has 1 heterocycles. The van der Waals surface area contributed by atoms with Gasteiger partial charge in [-0.25, -0.2) is 4.79 Å². The molecule has 6 nitrogen and oxygen atoms in total. The first kappa shape index (κ1) is 17.5. The van der Waals surface area contributed by atoms with Gasteiger partial charge in [-0.3, -0.25) is 4.79 Å². The number of fused-ring (bicyclic) bond motifs is 1. The molecule has 0 saturated heterocycles. The lowest BCUT2D eigenvalue weighted by Gasteiger charge is -2.17. The third-order valence-electron chi connectivity index (χ3n) is 4.17. The zero-order chi connectivity index (χ0) is 18.4. The number of hydrogen-bond donors (Lipinski definition) is 3. The summed E-state index contributed by atoms with van der Waals surface area (Å²) in [6.07, 6.45) is 1.60. The molecule has 0 saturated carbocycles. The molecule has 0 aliphatic heterocycles. The largest absolute Gasteiger partial charge is 0.445 e. The minimum atomic E-state index is -0.720. The quantitative estimate of drug-likeness (QED) is 0.638. The van der Waals surface area contributed by atoms with Crippen molar-refractivity contribution in [2.45, 2.75) is 19.1 Å². The summed E-state index contributed by atoms with van der Waals surface area (Å²) >= 11 is 0. The van der Waals surface area contributed by atoms with Crippen LogP contribution in [-0.2, 0) is 22.6 Å². The fraction of sp³-hybridized carbons (Fsp3) is 0.200. The Morgan fingerprint density at radius 1 is 1.08 bits per heavy atom. The van der Waals surface area contributed by atoms with Crippen molar-refractivity contribution in [2.75, 3.05) is 7.05 Å². The van der Waals surface area contributed by atoms with E-state index in [2.05, 4.69) is 15.6 Å². The van der Waals surface area contributed by atoms with E-state index in [0.717, 1.165) is 22.0 Å². The van der Waals surface area contributed by atoms with E-state index in [-0.39, 0.29) is 12.5 Å². The average molecular weight is 351 g/mol. The highest BCUT2D eigenvalue weighted by atomic mass is 16.5. The second kappa shape index (κ2) is 8.20. The Balaban J connectivity index is 1.66. The van der Waals surface area contributed by atoms with Gasteiger partial charge in [-0.1, -0.05) is 48.5 Å². The normalized spacial score (nSPS) is 11.7. The Morgan fingerprint density at radius 3 is 2.58 bits per heavy atom. The van der Waals surface area contributed by atoms with Crippen LogP contribution in [0, 0.1) is 0 Å². The van der Waals surface area contributed by atoms with Crippen molar-refractivity contribution in [3.63, 3.8) is 0 Å². The number of rotatable bonds is 6. The van der Waals surface area contributed by atoms with Crippen LogP contribution in [0.15, 0.2) is 60.8 Å². The molecular formula is C20H21N3O3. The maximum absolute atomic E-state index is 12.2. The number of amides is 2. The average Bonchev–Trinajstić information content (AvgIpc) is 3.09. The van der Waals surface area contributed by atoms with Gasteiger partial charge in [-0.2, -0.15) is 0 Å². The van der Waals surface area contributed by atoms with E-state index in [0.29, 0.717) is 6.42 Å². The van der Waals surface area contributed by atoms with E-state index >= 15 is 0 Å². The number of likely N-dealkylation sites (N-methyl/N-ethyl adjacent to an activating group) is 1. The van der Waals surface area contributed by atoms with Gasteiger partial charge >= 0.3 is 6.09 Å². The van der Waals surface area contributed by atoms with Gasteiger partial charge in [0.05, 0.1) is 0 Å². The van der Waals surface area contributed by atoms with Crippen LogP contribution in [0.5, 0.6) is 0 Å². The number of aromatic amines is 1. The van der Waals surface area contributed by atoms with Crippen LogP contribution in [-0.4, -0.2) is 30.1 Å². The molecule has 1 atom stereocenters. The van der Waals surface area contributed by atoms with Crippen molar-refractivity contribution in [3.05, 3.63) is 71.9 Å². The van der Waals surface area contributed by atoms with Crippen molar-refractivity contribution < 1.29 is 14.3 Å². The smallest absolute Gasteiger partial charge is 0.408 e. The van der Waals surface area contributed by atoms with Crippen molar-refractivity contribution in [1.82, 2.24) is 15.6 Å². The number of carbonyl (C=O) groups excluding carboxylic acids is 2. The number of H-pyrrole nitrogens is 1. The van der Waals surface area contributed by atoms with Crippen LogP contribution in [0.1, 0.15) is 11.1 Å². The standard InChI is InChI=1S/C20H21N3O3/c1-21-19(24)18(11-15-12-22-17-10-6-5-9-16(15)17)23-20(25)26-13-14-7-3-2-4-8-14/h2-10,12,18,22H,11,13H2,1H3,(H,21,24)(H,23,25). The predicted molar refractivity (Wildman–Crippen MR) is 99.6 cm³/mol. The predicted octanol–water partition coefficient (Wildman–Crippen LogP) is 2.75. The number of benzene rings is 2. The fourth-order valence-electron chi connectivity index (χ4n) is 2.81. The molecule has 1 aromatic heterocycles. The zero-order valence-electron chi connectivity index (χ0n) is 14.5. The highest BCUT2D eigenvalue weighted by Gasteiger charge is 2.22. The lowest BCUT2D eigenvalue weighted by atomic mass is 10.0. The molecule has 3 N–H and O–H groups in total. The lowest BCUT2D eigenvalue weighted by Crippen LogP contribution is -2.47. The van der Waals surface area contributed by atoms with E-state index in [1.807, 2.05) is 60.8 Å². The summed E-state index contributed by atoms with van der Waals surface area (Å²) in [5.41, 5.74) is 2.83. The summed E-state index contributed by atoms with van der Waals surface area (Å²) in [7, 11) is 1.54. The van der Waals surface area contributed by atoms with E-state index in [1.54, 1.807) is 7.05 Å². The van der Waals surface area contributed by atoms with Crippen LogP contribution in [0.4, 0.5) is 4.79 Å². The number of aromatic nitrogens is 1. The summed E-state index contributed by atoms with van der Waals surface area (Å²) in [5.74, 6) is -0.271. The molecule has 3 aromatic rings. The Morgan fingerprint density at radius 2 is 1.81 bits per heavy atom. The molecule has 0 aliphatic carbocycles. The minimum absolute atomic E-state index is 0.153. The summed E-state index contributed by atoms with van der Waals surface area (Å²) in [5, 5.41) is 6.27. The molecule has 2 amide bonds. The molecule has 1 unspecified atom stereocenters. The van der Waals surface area contributed by atoms with Crippen molar-refractivity contribution in [2.24, 2.45) is 0 Å². The van der Waals surface area contributed by atoms with Crippen molar-refractivity contribution in [1.29, 1.82) is 0 Å². The SMILES string of the molecule is CNC(=O)C(Cc1c[nH]c2ccccc12)NC(=O)OCc1ccccc1. The summed E-state index contributed by atoms with van der Waals surface area (Å²) in [4.78, 5) is 27.5. The van der Waals surface area contributed by atoms with Crippen LogP contribution < -0.4 is 10.6 Å². The number of hydrogen-bond acceptors (Lipinski definition) is 3. The highest BCUT2D eigenvalue weighted by Crippen LogP contribution is 2.19. The Bertz CT molecular complexity index is 889. The second-order valence-corrected chi connectivity index (χ2v) is 5.94. The van der Waals surface area contributed by atoms with Gasteiger partial charge in [0.15, 0.2) is 0 Å². The molecule has 3 rings (SSSR count). The number of carbonyl (C=O) groups is 2. The molecule has 0 bridgehead atoms. The minimum Gasteiger partial charge on any atom is -0.445 e. The molecule has 0 aliphatic rings. The summed E-state index contributed by atoms with van der Waals surface area (Å²) in [6.45, 7) is 0.153. The second-order valence-electron chi connectivity index (χ2n) is 5.94. The highest BCUT2D eigenvalue weighted by molar-refractivity contribution is 5.88. The third-order valence-corrected chi connectivity index (χ3v) is 4.17. The summed E-state index contributed by atoms with van der Waals surface area (Å²) < 4.78 is 5.22. The molecule has 26 heavy (non-hydrogen) atoms. The van der Waals surface area contributed by atoms with Gasteiger partial charge in [-0.15, -0.1) is 0 Å². The van der Waals surface area contributed by atoms with Crippen LogP contribution >= 0.6 is 0 Å². The van der Waals surface area contributed by atoms with E-state index in [9.17, 15) is 9.59 Å². The van der Waals surface area contributed by atoms with Crippen molar-refractivity contribution in [3.8, 4) is 0 Å². The maximum Gasteiger partial charge on any atom is 0.408 e. The lowest BCUT2D eigenvalue weighted by molar-refractivity contribution is -0.122. The van der Waals surface area contributed by atoms with E-state index in [4.69, 9.17) is 4.74 Å². The molecule has 134 valence electrons. The van der Waals surface area contributed by atoms with Gasteiger partial charge in [0.2, 0.25) is 5.91 Å². The van der Waals surface area contributed by atoms with Crippen molar-refractivity contribution >= 4 is 22.9 Å². The molecule has 0 radical (unpaired) electrons. The molecule has 0 fully saturated rings. The van der Waals surface area contributed by atoms with Gasteiger partial charge in [0.25, 0.3) is 0 Å². The van der Waals surface area contributed by atoms with Crippen LogP contribution in [0.2, 0.25) is 0 Å². The third kappa shape index (κ3) is 4.22. The van der Waals surface area contributed by atoms with Gasteiger partial charge in [0, 0.05) is 30.6 Å². The fourth-order valence-corrected chi connectivity index (χ4v) is 2.81. The number of alkyl carbamates (subject to hydrolysis) is 1. The first-order valence-corrected chi connectivity index (χ1v) is 8.41. The molecule has 0 spiro atoms. The first-order valence-electron chi connectivity index (χ1n) is 8.41. The van der Waals surface area contributed by atoms with Gasteiger partial charge < -0.3 is 20.4 Å². The first-order chi connectivity index (χ1) is 12.7. The molecule has 6 heteroatoms. The van der Waals surface area contributed by atoms with Gasteiger partial charge in [0.1, 0.15) is 12.6 Å². The van der Waals surface area contributed by atoms with Gasteiger partial charge in [-0.05, 0) is 17.2 Å². The topological polar surface area (TPSA) is 83.2 Å². The summed E-state index contributed by atoms with van der Waals surface area (Å²) in [6, 6.07) is 16.5. The molecule has 2 aromatic carbocycles. The van der Waals surface area contributed by atoms with E-state index < -0.39 is 12.1 Å². The molecular weight excluding hydrogens is 330 g/mol. The maximum atomic E-state index is 12.2. The van der Waals surface area contributed by atoms with Crippen LogP contribution in [0.25, 0.3) is 10.9 Å². The Kier molecular flexibility index (Phi) is 5.53. The van der Waals surface area contributed by atoms with E-state index in [1.165, 1.54) is 0 Å². The Hall–Kier alpha value is -3.28. The monoisotopic (exact) mass is 351 g/mol. The van der Waals surface area contributed by atoms with Crippen LogP contribution in [0.3, 0.4) is 0 Å². The number of ether oxygens (including phenoxy) is 1. The number of nitrogens with one attached hydrogen (secondary N) is 3.